The van der Waals surface area contributed by atoms with Gasteiger partial charge in [0.05, 0.1) is 12.5 Å². The van der Waals surface area contributed by atoms with E-state index in [-0.39, 0.29) is 17.0 Å². The Labute approximate surface area is 135 Å². The molecule has 0 saturated carbocycles. The molecule has 0 amide bonds. The number of rotatable bonds is 5. The number of allylic oxidation sites excluding steroid dienone is 2. The highest BCUT2D eigenvalue weighted by atomic mass is 32.2. The van der Waals surface area contributed by atoms with Crippen molar-refractivity contribution < 1.29 is 17.4 Å². The molecule has 1 unspecified atom stereocenters. The van der Waals surface area contributed by atoms with E-state index in [2.05, 4.69) is 5.16 Å². The molecule has 0 aliphatic heterocycles. The van der Waals surface area contributed by atoms with E-state index in [0.717, 1.165) is 5.56 Å². The molecule has 0 spiro atoms. The lowest BCUT2D eigenvalue weighted by molar-refractivity contribution is 0.177. The van der Waals surface area contributed by atoms with Gasteiger partial charge in [-0.3, -0.25) is 4.28 Å². The highest BCUT2D eigenvalue weighted by Gasteiger charge is 2.23. The molecule has 0 radical (unpaired) electrons. The van der Waals surface area contributed by atoms with Crippen LogP contribution in [0.1, 0.15) is 12.0 Å². The molecule has 0 aromatic heterocycles. The summed E-state index contributed by atoms with van der Waals surface area (Å²) in [6.07, 6.45) is 4.55. The Morgan fingerprint density at radius 2 is 2.00 bits per heavy atom. The molecule has 1 aliphatic carbocycles. The quantitative estimate of drug-likeness (QED) is 0.773. The molecule has 2 rings (SSSR count). The zero-order valence-corrected chi connectivity index (χ0v) is 13.6. The number of nitriles is 1. The van der Waals surface area contributed by atoms with Crippen molar-refractivity contribution in [3.63, 3.8) is 0 Å². The molecule has 1 atom stereocenters. The van der Waals surface area contributed by atoms with Crippen LogP contribution >= 0.6 is 0 Å². The molecule has 120 valence electrons. The Morgan fingerprint density at radius 1 is 1.30 bits per heavy atom. The predicted molar refractivity (Wildman–Crippen MR) is 85.1 cm³/mol. The van der Waals surface area contributed by atoms with Gasteiger partial charge in [0, 0.05) is 7.11 Å². The largest absolute Gasteiger partial charge is 0.371 e. The minimum atomic E-state index is -4.00. The third-order valence-corrected chi connectivity index (χ3v) is 4.37. The smallest absolute Gasteiger partial charge is 0.358 e. The summed E-state index contributed by atoms with van der Waals surface area (Å²) in [5.74, 6) is 0. The molecular formula is C16H16N2O4S. The maximum Gasteiger partial charge on any atom is 0.358 e. The molecule has 0 N–H and O–H groups in total. The minimum absolute atomic E-state index is 0.0222. The number of oxime groups is 1. The number of ether oxygens (including phenoxy) is 1. The Kier molecular flexibility index (Phi) is 5.32. The summed E-state index contributed by atoms with van der Waals surface area (Å²) in [7, 11) is -2.54. The lowest BCUT2D eigenvalue weighted by atomic mass is 9.97. The molecule has 1 aromatic carbocycles. The lowest BCUT2D eigenvalue weighted by Gasteiger charge is -2.19. The molecule has 1 aromatic rings. The van der Waals surface area contributed by atoms with Gasteiger partial charge in [-0.05, 0) is 30.7 Å². The standard InChI is InChI=1S/C16H16N2O4S/c1-12-6-8-14(9-7-12)23(19,20)22-18-15-5-3-4-13(10-11-17)16(15)21-2/h3-9,16H,10H2,1-2H3. The highest BCUT2D eigenvalue weighted by molar-refractivity contribution is 7.86. The van der Waals surface area contributed by atoms with E-state index < -0.39 is 16.2 Å². The van der Waals surface area contributed by atoms with Crippen molar-refractivity contribution in [2.45, 2.75) is 24.3 Å². The first-order valence-corrected chi connectivity index (χ1v) is 8.24. The zero-order chi connectivity index (χ0) is 16.9. The minimum Gasteiger partial charge on any atom is -0.371 e. The maximum atomic E-state index is 12.1. The summed E-state index contributed by atoms with van der Waals surface area (Å²) in [4.78, 5) is 0.0222. The average molecular weight is 332 g/mol. The lowest BCUT2D eigenvalue weighted by Crippen LogP contribution is -2.26. The van der Waals surface area contributed by atoms with Crippen LogP contribution in [0.15, 0.2) is 58.1 Å². The third kappa shape index (κ3) is 4.06. The number of benzene rings is 1. The van der Waals surface area contributed by atoms with Gasteiger partial charge in [-0.15, -0.1) is 0 Å². The van der Waals surface area contributed by atoms with E-state index in [4.69, 9.17) is 14.3 Å². The van der Waals surface area contributed by atoms with Crippen molar-refractivity contribution in [2.24, 2.45) is 5.16 Å². The second-order valence-electron chi connectivity index (χ2n) is 4.91. The summed E-state index contributed by atoms with van der Waals surface area (Å²) in [5.41, 5.74) is 1.92. The summed E-state index contributed by atoms with van der Waals surface area (Å²) in [6, 6.07) is 8.29. The molecule has 0 fully saturated rings. The topological polar surface area (TPSA) is 88.8 Å². The van der Waals surface area contributed by atoms with Crippen molar-refractivity contribution in [2.75, 3.05) is 7.11 Å². The van der Waals surface area contributed by atoms with Gasteiger partial charge in [0.1, 0.15) is 16.7 Å². The first kappa shape index (κ1) is 16.9. The zero-order valence-electron chi connectivity index (χ0n) is 12.8. The van der Waals surface area contributed by atoms with Gasteiger partial charge in [0.15, 0.2) is 0 Å². The van der Waals surface area contributed by atoms with Crippen LogP contribution in [-0.2, 0) is 19.1 Å². The van der Waals surface area contributed by atoms with E-state index in [1.807, 2.05) is 13.0 Å². The van der Waals surface area contributed by atoms with Crippen LogP contribution in [0, 0.1) is 18.3 Å². The first-order chi connectivity index (χ1) is 11.0. The van der Waals surface area contributed by atoms with Crippen molar-refractivity contribution in [3.8, 4) is 6.07 Å². The number of methoxy groups -OCH3 is 1. The van der Waals surface area contributed by atoms with E-state index in [1.54, 1.807) is 30.4 Å². The normalized spacial score (nSPS) is 19.3. The highest BCUT2D eigenvalue weighted by Crippen LogP contribution is 2.19. The number of aryl methyl sites for hydroxylation is 1. The Balaban J connectivity index is 2.22. The van der Waals surface area contributed by atoms with Gasteiger partial charge in [0.25, 0.3) is 0 Å². The van der Waals surface area contributed by atoms with E-state index in [0.29, 0.717) is 5.57 Å². The van der Waals surface area contributed by atoms with Gasteiger partial charge in [-0.25, -0.2) is 0 Å². The monoisotopic (exact) mass is 332 g/mol. The summed E-state index contributed by atoms with van der Waals surface area (Å²) >= 11 is 0. The molecule has 0 saturated heterocycles. The van der Waals surface area contributed by atoms with Crippen LogP contribution in [0.4, 0.5) is 0 Å². The van der Waals surface area contributed by atoms with Gasteiger partial charge in [0.2, 0.25) is 0 Å². The predicted octanol–water partition coefficient (Wildman–Crippen LogP) is 2.48. The fraction of sp³-hybridized carbons (Fsp3) is 0.250. The van der Waals surface area contributed by atoms with Crippen molar-refractivity contribution in [3.05, 3.63) is 53.6 Å². The second-order valence-corrected chi connectivity index (χ2v) is 6.44. The molecule has 0 bridgehead atoms. The van der Waals surface area contributed by atoms with Crippen LogP contribution < -0.4 is 0 Å². The van der Waals surface area contributed by atoms with Gasteiger partial charge in [-0.1, -0.05) is 35.0 Å². The Bertz CT molecular complexity index is 799. The molecule has 6 nitrogen and oxygen atoms in total. The molecule has 23 heavy (non-hydrogen) atoms. The van der Waals surface area contributed by atoms with Crippen LogP contribution in [-0.4, -0.2) is 27.3 Å². The van der Waals surface area contributed by atoms with E-state index in [9.17, 15) is 8.42 Å². The summed E-state index contributed by atoms with van der Waals surface area (Å²) in [6.45, 7) is 1.86. The average Bonchev–Trinajstić information content (AvgIpc) is 2.54. The first-order valence-electron chi connectivity index (χ1n) is 6.83. The van der Waals surface area contributed by atoms with Crippen LogP contribution in [0.5, 0.6) is 0 Å². The molecule has 0 heterocycles. The molecular weight excluding hydrogens is 316 g/mol. The number of nitrogens with zero attached hydrogens (tertiary/aromatic N) is 2. The fourth-order valence-electron chi connectivity index (χ4n) is 2.07. The fourth-order valence-corrected chi connectivity index (χ4v) is 2.81. The van der Waals surface area contributed by atoms with Crippen molar-refractivity contribution in [1.82, 2.24) is 0 Å². The maximum absolute atomic E-state index is 12.1. The second kappa shape index (κ2) is 7.22. The van der Waals surface area contributed by atoms with Gasteiger partial charge < -0.3 is 4.74 Å². The van der Waals surface area contributed by atoms with Gasteiger partial charge >= 0.3 is 10.1 Å². The van der Waals surface area contributed by atoms with Crippen molar-refractivity contribution >= 4 is 15.8 Å². The summed E-state index contributed by atoms with van der Waals surface area (Å²) in [5, 5.41) is 12.5. The summed E-state index contributed by atoms with van der Waals surface area (Å²) < 4.78 is 34.3. The SMILES string of the molecule is COC1C(CC#N)=CC=CC1=NOS(=O)(=O)c1ccc(C)cc1. The van der Waals surface area contributed by atoms with Crippen LogP contribution in [0.2, 0.25) is 0 Å². The van der Waals surface area contributed by atoms with E-state index in [1.165, 1.54) is 19.2 Å². The molecule has 1 aliphatic rings. The molecule has 7 heteroatoms. The van der Waals surface area contributed by atoms with Crippen LogP contribution in [0.3, 0.4) is 0 Å². The number of hydrogen-bond donors (Lipinski definition) is 0. The van der Waals surface area contributed by atoms with Crippen molar-refractivity contribution in [1.29, 1.82) is 5.26 Å². The Hall–Kier alpha value is -2.43. The number of hydrogen-bond acceptors (Lipinski definition) is 6. The van der Waals surface area contributed by atoms with Gasteiger partial charge in [-0.2, -0.15) is 13.7 Å². The van der Waals surface area contributed by atoms with Crippen LogP contribution in [0.25, 0.3) is 0 Å². The third-order valence-electron chi connectivity index (χ3n) is 3.25. The van der Waals surface area contributed by atoms with E-state index >= 15 is 0 Å². The Morgan fingerprint density at radius 3 is 2.61 bits per heavy atom.